The molecule has 0 aliphatic heterocycles. The lowest BCUT2D eigenvalue weighted by molar-refractivity contribution is -0.143. The molecule has 0 atom stereocenters. The Hall–Kier alpha value is -3.38. The number of anilines is 1. The van der Waals surface area contributed by atoms with Gasteiger partial charge in [0.2, 0.25) is 0 Å². The second kappa shape index (κ2) is 12.2. The van der Waals surface area contributed by atoms with Crippen molar-refractivity contribution in [1.82, 2.24) is 0 Å². The zero-order valence-electron chi connectivity index (χ0n) is 20.2. The molecule has 5 nitrogen and oxygen atoms in total. The summed E-state index contributed by atoms with van der Waals surface area (Å²) in [7, 11) is 1.60. The number of benzene rings is 3. The first-order valence-corrected chi connectivity index (χ1v) is 11.4. The van der Waals surface area contributed by atoms with Gasteiger partial charge in [0.25, 0.3) is 0 Å². The molecule has 0 saturated heterocycles. The van der Waals surface area contributed by atoms with E-state index in [1.807, 2.05) is 30.3 Å². The highest BCUT2D eigenvalue weighted by Gasteiger charge is 2.10. The van der Waals surface area contributed by atoms with E-state index < -0.39 is 0 Å². The van der Waals surface area contributed by atoms with Crippen molar-refractivity contribution < 1.29 is 23.4 Å². The first-order chi connectivity index (χ1) is 16.4. The number of hydrogen-bond donors (Lipinski definition) is 1. The van der Waals surface area contributed by atoms with Crippen LogP contribution < -0.4 is 10.1 Å². The third-order valence-electron chi connectivity index (χ3n) is 5.52. The topological polar surface area (TPSA) is 56.8 Å². The number of methoxy groups -OCH3 is 1. The van der Waals surface area contributed by atoms with Gasteiger partial charge in [-0.3, -0.25) is 4.79 Å². The molecule has 0 bridgehead atoms. The largest absolute Gasteiger partial charge is 0.468 e. The number of esters is 1. The van der Waals surface area contributed by atoms with Gasteiger partial charge < -0.3 is 19.5 Å². The Kier molecular flexibility index (Phi) is 9.05. The molecular formula is C28H32FNO4. The van der Waals surface area contributed by atoms with Gasteiger partial charge in [0.05, 0.1) is 6.61 Å². The maximum atomic E-state index is 14.5. The van der Waals surface area contributed by atoms with E-state index in [0.29, 0.717) is 30.8 Å². The molecule has 0 saturated carbocycles. The molecule has 34 heavy (non-hydrogen) atoms. The van der Waals surface area contributed by atoms with Crippen LogP contribution in [0.25, 0.3) is 11.1 Å². The molecule has 180 valence electrons. The van der Waals surface area contributed by atoms with Crippen LogP contribution >= 0.6 is 0 Å². The number of carbonyl (C=O) groups is 1. The Morgan fingerprint density at radius 2 is 1.79 bits per heavy atom. The van der Waals surface area contributed by atoms with E-state index >= 15 is 0 Å². The summed E-state index contributed by atoms with van der Waals surface area (Å²) >= 11 is 0. The molecule has 0 aliphatic rings. The molecule has 0 radical (unpaired) electrons. The van der Waals surface area contributed by atoms with Gasteiger partial charge in [-0.15, -0.1) is 0 Å². The Labute approximate surface area is 200 Å². The minimum absolute atomic E-state index is 0.169. The number of halogens is 1. The average Bonchev–Trinajstić information content (AvgIpc) is 2.81. The summed E-state index contributed by atoms with van der Waals surface area (Å²) in [4.78, 5) is 11.5. The van der Waals surface area contributed by atoms with Crippen LogP contribution in [0.15, 0.2) is 54.6 Å². The quantitative estimate of drug-likeness (QED) is 0.270. The van der Waals surface area contributed by atoms with E-state index in [1.165, 1.54) is 11.6 Å². The lowest BCUT2D eigenvalue weighted by atomic mass is 9.94. The standard InChI is InChI=1S/C28H32FNO4/c1-5-33-27(31)12-10-22-9-11-24(16-26(22)29)30-17-21-7-6-8-23(15-21)28-19(2)13-25(14-20(28)3)34-18-32-4/h6-9,11,13-16,30H,5,10,12,17-18H2,1-4H3. The fraction of sp³-hybridized carbons (Fsp3) is 0.321. The van der Waals surface area contributed by atoms with Crippen LogP contribution in [0.1, 0.15) is 35.6 Å². The first-order valence-electron chi connectivity index (χ1n) is 11.4. The highest BCUT2D eigenvalue weighted by Crippen LogP contribution is 2.31. The molecule has 3 rings (SSSR count). The van der Waals surface area contributed by atoms with Crippen molar-refractivity contribution in [2.45, 2.75) is 40.2 Å². The smallest absolute Gasteiger partial charge is 0.306 e. The second-order valence-electron chi connectivity index (χ2n) is 8.15. The molecule has 3 aromatic rings. The van der Waals surface area contributed by atoms with Gasteiger partial charge >= 0.3 is 5.97 Å². The van der Waals surface area contributed by atoms with Crippen molar-refractivity contribution in [3.8, 4) is 16.9 Å². The highest BCUT2D eigenvalue weighted by molar-refractivity contribution is 5.72. The van der Waals surface area contributed by atoms with Crippen LogP contribution in [0.2, 0.25) is 0 Å². The monoisotopic (exact) mass is 465 g/mol. The van der Waals surface area contributed by atoms with Crippen LogP contribution in [0, 0.1) is 19.7 Å². The van der Waals surface area contributed by atoms with Crippen molar-refractivity contribution >= 4 is 11.7 Å². The normalized spacial score (nSPS) is 10.7. The van der Waals surface area contributed by atoms with Gasteiger partial charge in [-0.25, -0.2) is 4.39 Å². The van der Waals surface area contributed by atoms with Gasteiger partial charge in [0.15, 0.2) is 6.79 Å². The number of hydrogen-bond acceptors (Lipinski definition) is 5. The van der Waals surface area contributed by atoms with Crippen LogP contribution in [0.4, 0.5) is 10.1 Å². The molecular weight excluding hydrogens is 433 g/mol. The summed E-state index contributed by atoms with van der Waals surface area (Å²) in [6.45, 7) is 7.00. The number of ether oxygens (including phenoxy) is 3. The number of rotatable bonds is 11. The molecule has 3 aromatic carbocycles. The maximum Gasteiger partial charge on any atom is 0.306 e. The third-order valence-corrected chi connectivity index (χ3v) is 5.52. The third kappa shape index (κ3) is 6.81. The number of carbonyl (C=O) groups excluding carboxylic acids is 1. The van der Waals surface area contributed by atoms with Crippen LogP contribution in [0.5, 0.6) is 5.75 Å². The molecule has 0 unspecified atom stereocenters. The molecule has 0 heterocycles. The van der Waals surface area contributed by atoms with E-state index in [0.717, 1.165) is 28.0 Å². The second-order valence-corrected chi connectivity index (χ2v) is 8.15. The van der Waals surface area contributed by atoms with Gasteiger partial charge in [-0.05, 0) is 90.9 Å². The Morgan fingerprint density at radius 3 is 2.47 bits per heavy atom. The van der Waals surface area contributed by atoms with Crippen LogP contribution in [-0.4, -0.2) is 26.5 Å². The summed E-state index contributed by atoms with van der Waals surface area (Å²) in [5.74, 6) is 0.142. The highest BCUT2D eigenvalue weighted by atomic mass is 19.1. The molecule has 0 aliphatic carbocycles. The van der Waals surface area contributed by atoms with E-state index in [9.17, 15) is 9.18 Å². The van der Waals surface area contributed by atoms with Crippen molar-refractivity contribution in [2.24, 2.45) is 0 Å². The Balaban J connectivity index is 1.67. The molecule has 0 amide bonds. The summed E-state index contributed by atoms with van der Waals surface area (Å²) in [5.41, 5.74) is 6.81. The van der Waals surface area contributed by atoms with Crippen LogP contribution in [-0.2, 0) is 27.2 Å². The predicted molar refractivity (Wildman–Crippen MR) is 133 cm³/mol. The molecule has 0 spiro atoms. The Bertz CT molecular complexity index is 1110. The average molecular weight is 466 g/mol. The molecule has 6 heteroatoms. The zero-order chi connectivity index (χ0) is 24.5. The minimum atomic E-state index is -0.329. The van der Waals surface area contributed by atoms with Crippen LogP contribution in [0.3, 0.4) is 0 Å². The fourth-order valence-electron chi connectivity index (χ4n) is 3.96. The lowest BCUT2D eigenvalue weighted by Gasteiger charge is -2.15. The van der Waals surface area contributed by atoms with Crippen molar-refractivity contribution in [1.29, 1.82) is 0 Å². The zero-order valence-corrected chi connectivity index (χ0v) is 20.2. The van der Waals surface area contributed by atoms with E-state index in [-0.39, 0.29) is 25.0 Å². The summed E-state index contributed by atoms with van der Waals surface area (Å²) < 4.78 is 30.0. The van der Waals surface area contributed by atoms with Crippen molar-refractivity contribution in [3.05, 3.63) is 82.7 Å². The van der Waals surface area contributed by atoms with Gasteiger partial charge in [0.1, 0.15) is 11.6 Å². The predicted octanol–water partition coefficient (Wildman–Crippen LogP) is 6.20. The minimum Gasteiger partial charge on any atom is -0.468 e. The molecule has 1 N–H and O–H groups in total. The first kappa shape index (κ1) is 25.2. The number of nitrogens with one attached hydrogen (secondary N) is 1. The lowest BCUT2D eigenvalue weighted by Crippen LogP contribution is -2.06. The van der Waals surface area contributed by atoms with Crippen molar-refractivity contribution in [2.75, 3.05) is 25.8 Å². The van der Waals surface area contributed by atoms with Crippen molar-refractivity contribution in [3.63, 3.8) is 0 Å². The fourth-order valence-corrected chi connectivity index (χ4v) is 3.96. The Morgan fingerprint density at radius 1 is 1.03 bits per heavy atom. The summed E-state index contributed by atoms with van der Waals surface area (Å²) in [6, 6.07) is 17.3. The summed E-state index contributed by atoms with van der Waals surface area (Å²) in [6.07, 6.45) is 0.490. The summed E-state index contributed by atoms with van der Waals surface area (Å²) in [5, 5.41) is 3.29. The van der Waals surface area contributed by atoms with E-state index in [4.69, 9.17) is 14.2 Å². The van der Waals surface area contributed by atoms with E-state index in [1.54, 1.807) is 20.1 Å². The van der Waals surface area contributed by atoms with Gasteiger partial charge in [0, 0.05) is 25.8 Å². The van der Waals surface area contributed by atoms with E-state index in [2.05, 4.69) is 31.3 Å². The SMILES string of the molecule is CCOC(=O)CCc1ccc(NCc2cccc(-c3c(C)cc(OCOC)cc3C)c2)cc1F. The van der Waals surface area contributed by atoms with Gasteiger partial charge in [-0.2, -0.15) is 0 Å². The maximum absolute atomic E-state index is 14.5. The number of aryl methyl sites for hydroxylation is 3. The molecule has 0 fully saturated rings. The molecule has 0 aromatic heterocycles. The van der Waals surface area contributed by atoms with Gasteiger partial charge in [-0.1, -0.05) is 24.3 Å².